The maximum atomic E-state index is 13.6. The van der Waals surface area contributed by atoms with E-state index in [1.165, 1.54) is 19.2 Å². The van der Waals surface area contributed by atoms with Gasteiger partial charge in [-0.05, 0) is 18.2 Å². The maximum Gasteiger partial charge on any atom is 0.304 e. The summed E-state index contributed by atoms with van der Waals surface area (Å²) in [6.07, 6.45) is -0.314. The molecule has 20 heavy (non-hydrogen) atoms. The number of sulfonamides is 1. The Bertz CT molecular complexity index is 588. The summed E-state index contributed by atoms with van der Waals surface area (Å²) in [6, 6.07) is 3.30. The predicted octanol–water partition coefficient (Wildman–Crippen LogP) is 1.32. The molecule has 0 amide bonds. The summed E-state index contributed by atoms with van der Waals surface area (Å²) in [5.74, 6) is -1.94. The normalized spacial score (nSPS) is 11.6. The second-order valence-corrected chi connectivity index (χ2v) is 5.87. The summed E-state index contributed by atoms with van der Waals surface area (Å²) in [6.45, 7) is 1.52. The van der Waals surface area contributed by atoms with Crippen molar-refractivity contribution in [3.8, 4) is 5.75 Å². The van der Waals surface area contributed by atoms with E-state index in [0.717, 1.165) is 10.4 Å². The average molecular weight is 305 g/mol. The molecule has 1 aromatic rings. The van der Waals surface area contributed by atoms with Crippen LogP contribution in [0.1, 0.15) is 13.3 Å². The van der Waals surface area contributed by atoms with Crippen molar-refractivity contribution in [1.29, 1.82) is 0 Å². The predicted molar refractivity (Wildman–Crippen MR) is 69.6 cm³/mol. The quantitative estimate of drug-likeness (QED) is 0.821. The molecule has 0 spiro atoms. The zero-order valence-electron chi connectivity index (χ0n) is 11.2. The van der Waals surface area contributed by atoms with Crippen LogP contribution in [-0.2, 0) is 14.8 Å². The molecule has 0 aromatic heterocycles. The number of nitrogens with zero attached hydrogens (tertiary/aromatic N) is 1. The van der Waals surface area contributed by atoms with Crippen LogP contribution in [0.4, 0.5) is 4.39 Å². The van der Waals surface area contributed by atoms with E-state index >= 15 is 0 Å². The van der Waals surface area contributed by atoms with Crippen molar-refractivity contribution in [1.82, 2.24) is 4.31 Å². The number of carboxylic acid groups (broad SMARTS) is 1. The lowest BCUT2D eigenvalue weighted by Gasteiger charge is -2.19. The Balaban J connectivity index is 3.07. The lowest BCUT2D eigenvalue weighted by molar-refractivity contribution is -0.137. The smallest absolute Gasteiger partial charge is 0.304 e. The SMILES string of the molecule is CCN(CCC(=O)O)S(=O)(=O)c1ccc(OC)c(F)c1. The number of methoxy groups -OCH3 is 1. The minimum atomic E-state index is -3.92. The van der Waals surface area contributed by atoms with Gasteiger partial charge in [-0.25, -0.2) is 12.8 Å². The van der Waals surface area contributed by atoms with Gasteiger partial charge in [-0.15, -0.1) is 0 Å². The molecule has 0 saturated heterocycles. The summed E-state index contributed by atoms with van der Waals surface area (Å²) in [5, 5.41) is 8.61. The third kappa shape index (κ3) is 3.67. The molecule has 0 fully saturated rings. The van der Waals surface area contributed by atoms with Crippen molar-refractivity contribution in [3.05, 3.63) is 24.0 Å². The minimum Gasteiger partial charge on any atom is -0.494 e. The van der Waals surface area contributed by atoms with Crippen LogP contribution >= 0.6 is 0 Å². The minimum absolute atomic E-state index is 0.0578. The molecular formula is C12H16FNO5S. The number of carbonyl (C=O) groups is 1. The molecule has 0 aliphatic heterocycles. The van der Waals surface area contributed by atoms with Crippen LogP contribution in [0, 0.1) is 5.82 Å². The number of hydrogen-bond acceptors (Lipinski definition) is 4. The molecule has 0 aliphatic carbocycles. The van der Waals surface area contributed by atoms with Gasteiger partial charge >= 0.3 is 5.97 Å². The molecule has 0 atom stereocenters. The largest absolute Gasteiger partial charge is 0.494 e. The van der Waals surface area contributed by atoms with Crippen molar-refractivity contribution >= 4 is 16.0 Å². The molecule has 1 rings (SSSR count). The summed E-state index contributed by atoms with van der Waals surface area (Å²) >= 11 is 0. The van der Waals surface area contributed by atoms with Gasteiger partial charge < -0.3 is 9.84 Å². The molecule has 1 aromatic carbocycles. The van der Waals surface area contributed by atoms with Crippen LogP contribution in [0.15, 0.2) is 23.1 Å². The summed E-state index contributed by atoms with van der Waals surface area (Å²) in [4.78, 5) is 10.3. The number of carboxylic acids is 1. The van der Waals surface area contributed by atoms with E-state index in [9.17, 15) is 17.6 Å². The van der Waals surface area contributed by atoms with Gasteiger partial charge in [0.25, 0.3) is 0 Å². The monoisotopic (exact) mass is 305 g/mol. The van der Waals surface area contributed by atoms with Crippen LogP contribution in [0.25, 0.3) is 0 Å². The Morgan fingerprint density at radius 1 is 1.45 bits per heavy atom. The lowest BCUT2D eigenvalue weighted by atomic mass is 10.3. The van der Waals surface area contributed by atoms with Crippen molar-refractivity contribution in [2.45, 2.75) is 18.2 Å². The molecule has 8 heteroatoms. The van der Waals surface area contributed by atoms with Crippen molar-refractivity contribution in [2.75, 3.05) is 20.2 Å². The van der Waals surface area contributed by atoms with E-state index in [-0.39, 0.29) is 30.2 Å². The Hall–Kier alpha value is -1.67. The molecular weight excluding hydrogens is 289 g/mol. The molecule has 0 saturated carbocycles. The fourth-order valence-electron chi connectivity index (χ4n) is 1.63. The van der Waals surface area contributed by atoms with Gasteiger partial charge in [0.05, 0.1) is 18.4 Å². The third-order valence-corrected chi connectivity index (χ3v) is 4.66. The number of rotatable bonds is 7. The molecule has 0 bridgehead atoms. The van der Waals surface area contributed by atoms with E-state index in [2.05, 4.69) is 0 Å². The highest BCUT2D eigenvalue weighted by Gasteiger charge is 2.24. The molecule has 0 aliphatic rings. The van der Waals surface area contributed by atoms with Gasteiger partial charge in [0.2, 0.25) is 10.0 Å². The third-order valence-electron chi connectivity index (χ3n) is 2.69. The highest BCUT2D eigenvalue weighted by atomic mass is 32.2. The number of ether oxygens (including phenoxy) is 1. The number of halogens is 1. The van der Waals surface area contributed by atoms with E-state index in [0.29, 0.717) is 0 Å². The van der Waals surface area contributed by atoms with Gasteiger partial charge in [0.15, 0.2) is 11.6 Å². The Kier molecular flexibility index (Phi) is 5.46. The Morgan fingerprint density at radius 3 is 2.55 bits per heavy atom. The topological polar surface area (TPSA) is 83.9 Å². The average Bonchev–Trinajstić information content (AvgIpc) is 2.38. The van der Waals surface area contributed by atoms with E-state index in [1.807, 2.05) is 0 Å². The summed E-state index contributed by atoms with van der Waals surface area (Å²) in [5.41, 5.74) is 0. The van der Waals surface area contributed by atoms with E-state index in [1.54, 1.807) is 6.92 Å². The first-order valence-corrected chi connectivity index (χ1v) is 7.32. The molecule has 6 nitrogen and oxygen atoms in total. The molecule has 0 heterocycles. The zero-order valence-corrected chi connectivity index (χ0v) is 12.0. The van der Waals surface area contributed by atoms with Crippen LogP contribution in [0.5, 0.6) is 5.75 Å². The first-order valence-electron chi connectivity index (χ1n) is 5.88. The van der Waals surface area contributed by atoms with E-state index in [4.69, 9.17) is 9.84 Å². The highest BCUT2D eigenvalue weighted by Crippen LogP contribution is 2.23. The highest BCUT2D eigenvalue weighted by molar-refractivity contribution is 7.89. The standard InChI is InChI=1S/C12H16FNO5S/c1-3-14(7-6-12(15)16)20(17,18)9-4-5-11(19-2)10(13)8-9/h4-5,8H,3,6-7H2,1-2H3,(H,15,16). The van der Waals surface area contributed by atoms with Gasteiger partial charge in [0.1, 0.15) is 0 Å². The van der Waals surface area contributed by atoms with Crippen molar-refractivity contribution in [3.63, 3.8) is 0 Å². The van der Waals surface area contributed by atoms with Crippen molar-refractivity contribution < 1.29 is 27.4 Å². The van der Waals surface area contributed by atoms with Crippen LogP contribution in [0.3, 0.4) is 0 Å². The van der Waals surface area contributed by atoms with Crippen LogP contribution in [-0.4, -0.2) is 44.0 Å². The summed E-state index contributed by atoms with van der Waals surface area (Å²) in [7, 11) is -2.64. The molecule has 0 radical (unpaired) electrons. The number of hydrogen-bond donors (Lipinski definition) is 1. The summed E-state index contributed by atoms with van der Waals surface area (Å²) < 4.78 is 43.8. The first kappa shape index (κ1) is 16.4. The Morgan fingerprint density at radius 2 is 2.10 bits per heavy atom. The van der Waals surface area contributed by atoms with Gasteiger partial charge in [0, 0.05) is 13.1 Å². The van der Waals surface area contributed by atoms with Crippen LogP contribution in [0.2, 0.25) is 0 Å². The molecule has 0 unspecified atom stereocenters. The van der Waals surface area contributed by atoms with Gasteiger partial charge in [-0.3, -0.25) is 4.79 Å². The zero-order chi connectivity index (χ0) is 15.3. The van der Waals surface area contributed by atoms with E-state index < -0.39 is 21.8 Å². The molecule has 112 valence electrons. The fourth-order valence-corrected chi connectivity index (χ4v) is 3.09. The van der Waals surface area contributed by atoms with Gasteiger partial charge in [-0.2, -0.15) is 4.31 Å². The van der Waals surface area contributed by atoms with Crippen LogP contribution < -0.4 is 4.74 Å². The number of benzene rings is 1. The first-order chi connectivity index (χ1) is 9.32. The Labute approximate surface area is 116 Å². The second kappa shape index (κ2) is 6.67. The van der Waals surface area contributed by atoms with Gasteiger partial charge in [-0.1, -0.05) is 6.92 Å². The maximum absolute atomic E-state index is 13.6. The van der Waals surface area contributed by atoms with Crippen molar-refractivity contribution in [2.24, 2.45) is 0 Å². The number of aliphatic carboxylic acids is 1. The second-order valence-electron chi connectivity index (χ2n) is 3.94. The lowest BCUT2D eigenvalue weighted by Crippen LogP contribution is -2.33. The molecule has 1 N–H and O–H groups in total. The fraction of sp³-hybridized carbons (Fsp3) is 0.417.